The Morgan fingerprint density at radius 3 is 2.55 bits per heavy atom. The fourth-order valence-electron chi connectivity index (χ4n) is 6.12. The molecule has 1 atom stereocenters. The molecule has 5 rings (SSSR count). The Morgan fingerprint density at radius 2 is 1.86 bits per heavy atom. The molecule has 0 saturated carbocycles. The number of benzene rings is 1. The summed E-state index contributed by atoms with van der Waals surface area (Å²) in [6.45, 7) is 14.3. The van der Waals surface area contributed by atoms with Gasteiger partial charge in [0.1, 0.15) is 12.2 Å². The van der Waals surface area contributed by atoms with E-state index in [4.69, 9.17) is 19.2 Å². The maximum atomic E-state index is 14.0. The van der Waals surface area contributed by atoms with Crippen LogP contribution in [0.4, 0.5) is 4.79 Å². The normalized spacial score (nSPS) is 17.4. The first-order chi connectivity index (χ1) is 20.7. The van der Waals surface area contributed by atoms with Gasteiger partial charge >= 0.3 is 18.0 Å². The van der Waals surface area contributed by atoms with Crippen LogP contribution in [0.3, 0.4) is 0 Å². The van der Waals surface area contributed by atoms with Crippen LogP contribution >= 0.6 is 0 Å². The average molecular weight is 620 g/mol. The van der Waals surface area contributed by atoms with Crippen LogP contribution in [-0.4, -0.2) is 47.8 Å². The van der Waals surface area contributed by atoms with Crippen LogP contribution in [0.15, 0.2) is 35.1 Å². The molecule has 1 aromatic carbocycles. The zero-order valence-corrected chi connectivity index (χ0v) is 27.6. The number of amides is 1. The number of rotatable bonds is 8. The van der Waals surface area contributed by atoms with Gasteiger partial charge in [-0.1, -0.05) is 51.2 Å². The van der Waals surface area contributed by atoms with Crippen LogP contribution in [0.25, 0.3) is 22.3 Å². The van der Waals surface area contributed by atoms with Crippen molar-refractivity contribution in [3.8, 4) is 11.4 Å². The minimum absolute atomic E-state index is 0.0550. The number of carbonyl (C=O) groups excluding carboxylic acids is 3. The van der Waals surface area contributed by atoms with Crippen molar-refractivity contribution in [2.45, 2.75) is 97.4 Å². The Labute approximate surface area is 258 Å². The summed E-state index contributed by atoms with van der Waals surface area (Å²) in [4.78, 5) is 57.4. The zero-order valence-electron chi connectivity index (χ0n) is 26.6. The highest BCUT2D eigenvalue weighted by Gasteiger charge is 2.50. The van der Waals surface area contributed by atoms with Crippen LogP contribution in [0, 0.1) is 0 Å². The number of nitrogens with one attached hydrogen (secondary N) is 1. The summed E-state index contributed by atoms with van der Waals surface area (Å²) < 4.78 is 18.3. The van der Waals surface area contributed by atoms with E-state index >= 15 is 0 Å². The molecule has 11 heteroatoms. The highest BCUT2D eigenvalue weighted by Crippen LogP contribution is 2.41. The standard InChI is InChI=1S/C33H41N3O7Si/c1-8-33(42-26(37)15-12-16-34-31(40)43-32(3,4)5)23-17-25-27-21(18-36(25)29(38)22(23)19-41-30(33)39)28(44(6,7)9-2)20-13-10-11-14-24(20)35-27/h10-11,13-14,17H,8-9,12,15-16,18-19H2,1-7H3,(H,34,40). The van der Waals surface area contributed by atoms with E-state index in [1.165, 1.54) is 5.19 Å². The summed E-state index contributed by atoms with van der Waals surface area (Å²) in [6, 6.07) is 10.9. The molecule has 0 spiro atoms. The smallest absolute Gasteiger partial charge is 0.407 e. The predicted molar refractivity (Wildman–Crippen MR) is 169 cm³/mol. The van der Waals surface area contributed by atoms with Crippen LogP contribution in [0.5, 0.6) is 0 Å². The first kappa shape index (κ1) is 31.4. The van der Waals surface area contributed by atoms with Crippen molar-refractivity contribution in [3.63, 3.8) is 0 Å². The van der Waals surface area contributed by atoms with E-state index < -0.39 is 37.3 Å². The molecule has 0 bridgehead atoms. The highest BCUT2D eigenvalue weighted by molar-refractivity contribution is 6.91. The van der Waals surface area contributed by atoms with E-state index in [1.807, 2.05) is 18.2 Å². The summed E-state index contributed by atoms with van der Waals surface area (Å²) in [5, 5.41) is 5.03. The van der Waals surface area contributed by atoms with Crippen molar-refractivity contribution in [2.24, 2.45) is 0 Å². The molecular formula is C33H41N3O7Si. The second kappa shape index (κ2) is 11.5. The first-order valence-corrected chi connectivity index (χ1v) is 18.5. The molecule has 234 valence electrons. The number of hydrogen-bond acceptors (Lipinski definition) is 8. The van der Waals surface area contributed by atoms with E-state index in [-0.39, 0.29) is 38.0 Å². The molecule has 1 N–H and O–H groups in total. The fraction of sp³-hybridized carbons (Fsp3) is 0.485. The summed E-state index contributed by atoms with van der Waals surface area (Å²) in [5.41, 5.74) is 1.24. The minimum atomic E-state index is -1.90. The maximum Gasteiger partial charge on any atom is 0.407 e. The number of cyclic esters (lactones) is 1. The number of esters is 2. The van der Waals surface area contributed by atoms with E-state index in [2.05, 4.69) is 31.4 Å². The Kier molecular flexibility index (Phi) is 8.21. The third kappa shape index (κ3) is 5.53. The van der Waals surface area contributed by atoms with Gasteiger partial charge in [-0.15, -0.1) is 0 Å². The molecule has 2 aliphatic rings. The van der Waals surface area contributed by atoms with Gasteiger partial charge in [0.15, 0.2) is 0 Å². The molecule has 0 radical (unpaired) electrons. The van der Waals surface area contributed by atoms with Gasteiger partial charge in [0.2, 0.25) is 5.60 Å². The Bertz CT molecular complexity index is 1720. The third-order valence-corrected chi connectivity index (χ3v) is 12.3. The predicted octanol–water partition coefficient (Wildman–Crippen LogP) is 4.87. The summed E-state index contributed by atoms with van der Waals surface area (Å²) >= 11 is 0. The van der Waals surface area contributed by atoms with Crippen molar-refractivity contribution in [1.82, 2.24) is 14.9 Å². The highest BCUT2D eigenvalue weighted by atomic mass is 28.3. The molecule has 3 aromatic rings. The second-order valence-corrected chi connectivity index (χ2v) is 18.1. The van der Waals surface area contributed by atoms with E-state index in [9.17, 15) is 19.2 Å². The lowest BCUT2D eigenvalue weighted by Crippen LogP contribution is -2.47. The number of carbonyl (C=O) groups is 3. The lowest BCUT2D eigenvalue weighted by atomic mass is 9.85. The Hall–Kier alpha value is -3.99. The van der Waals surface area contributed by atoms with Crippen LogP contribution in [0.2, 0.25) is 19.1 Å². The molecule has 0 fully saturated rings. The lowest BCUT2D eigenvalue weighted by Gasteiger charge is -2.35. The van der Waals surface area contributed by atoms with Gasteiger partial charge < -0.3 is 24.1 Å². The van der Waals surface area contributed by atoms with Crippen molar-refractivity contribution in [1.29, 1.82) is 0 Å². The Balaban J connectivity index is 1.51. The van der Waals surface area contributed by atoms with Gasteiger partial charge in [0, 0.05) is 18.5 Å². The quantitative estimate of drug-likeness (QED) is 0.128. The molecule has 0 saturated heterocycles. The number of para-hydroxylation sites is 1. The van der Waals surface area contributed by atoms with E-state index in [0.29, 0.717) is 23.4 Å². The monoisotopic (exact) mass is 619 g/mol. The SMILES string of the molecule is CCC1(OC(=O)CCCNC(=O)OC(C)(C)C)C(=O)OCc2c1cc1n(c2=O)Cc2c-1nc1ccccc1c2[Si](C)(C)CC. The molecule has 0 aliphatic carbocycles. The first-order valence-electron chi connectivity index (χ1n) is 15.3. The van der Waals surface area contributed by atoms with Crippen LogP contribution < -0.4 is 16.1 Å². The van der Waals surface area contributed by atoms with Crippen molar-refractivity contribution in [2.75, 3.05) is 6.54 Å². The number of aromatic nitrogens is 2. The molecule has 44 heavy (non-hydrogen) atoms. The largest absolute Gasteiger partial charge is 0.457 e. The van der Waals surface area contributed by atoms with Crippen molar-refractivity contribution >= 4 is 42.2 Å². The van der Waals surface area contributed by atoms with Gasteiger partial charge in [-0.05, 0) is 61.9 Å². The fourth-order valence-corrected chi connectivity index (χ4v) is 8.43. The molecule has 4 heterocycles. The van der Waals surface area contributed by atoms with E-state index in [1.54, 1.807) is 38.3 Å². The van der Waals surface area contributed by atoms with Crippen LogP contribution in [-0.2, 0) is 42.6 Å². The lowest BCUT2D eigenvalue weighted by molar-refractivity contribution is -0.189. The molecule has 2 aromatic heterocycles. The minimum Gasteiger partial charge on any atom is -0.457 e. The molecule has 1 amide bonds. The summed E-state index contributed by atoms with van der Waals surface area (Å²) in [6.07, 6.45) is -0.273. The second-order valence-electron chi connectivity index (χ2n) is 13.1. The number of fused-ring (bicyclic) bond motifs is 5. The van der Waals surface area contributed by atoms with Gasteiger partial charge in [-0.25, -0.2) is 14.6 Å². The van der Waals surface area contributed by atoms with Gasteiger partial charge in [-0.2, -0.15) is 0 Å². The average Bonchev–Trinajstić information content (AvgIpc) is 3.32. The zero-order chi connectivity index (χ0) is 32.0. The number of nitrogens with zero attached hydrogens (tertiary/aromatic N) is 2. The van der Waals surface area contributed by atoms with Gasteiger partial charge in [0.25, 0.3) is 5.56 Å². The van der Waals surface area contributed by atoms with E-state index in [0.717, 1.165) is 28.2 Å². The third-order valence-electron chi connectivity index (χ3n) is 8.64. The number of hydrogen-bond donors (Lipinski definition) is 1. The molecule has 10 nitrogen and oxygen atoms in total. The van der Waals surface area contributed by atoms with Crippen LogP contribution in [0.1, 0.15) is 70.6 Å². The molecule has 2 aliphatic heterocycles. The Morgan fingerprint density at radius 1 is 1.14 bits per heavy atom. The topological polar surface area (TPSA) is 126 Å². The maximum absolute atomic E-state index is 14.0. The van der Waals surface area contributed by atoms with Gasteiger partial charge in [-0.3, -0.25) is 9.59 Å². The summed E-state index contributed by atoms with van der Waals surface area (Å²) in [7, 11) is -1.90. The summed E-state index contributed by atoms with van der Waals surface area (Å²) in [5.74, 6) is -1.34. The number of pyridine rings is 2. The number of alkyl carbamates (subject to hydrolysis) is 1. The van der Waals surface area contributed by atoms with Crippen molar-refractivity contribution in [3.05, 3.63) is 57.4 Å². The number of ether oxygens (including phenoxy) is 3. The molecular weight excluding hydrogens is 578 g/mol. The van der Waals surface area contributed by atoms with Gasteiger partial charge in [0.05, 0.1) is 37.1 Å². The molecule has 1 unspecified atom stereocenters. The van der Waals surface area contributed by atoms with Crippen molar-refractivity contribution < 1.29 is 28.6 Å².